The number of aliphatic imine (C=N–C) groups is 1. The van der Waals surface area contributed by atoms with Crippen molar-refractivity contribution < 1.29 is 9.15 Å². The zero-order valence-electron chi connectivity index (χ0n) is 22.7. The second kappa shape index (κ2) is 13.7. The Bertz CT molecular complexity index is 1230. The maximum atomic E-state index is 12.4. The summed E-state index contributed by atoms with van der Waals surface area (Å²) in [5, 5.41) is 0. The molecule has 7 nitrogen and oxygen atoms in total. The fraction of sp³-hybridized carbons (Fsp3) is 0.400. The van der Waals surface area contributed by atoms with E-state index >= 15 is 0 Å². The molecule has 2 heterocycles. The Balaban J connectivity index is 1.56. The fourth-order valence-electron chi connectivity index (χ4n) is 4.04. The number of hydrogen-bond acceptors (Lipinski definition) is 6. The van der Waals surface area contributed by atoms with Crippen LogP contribution in [-0.4, -0.2) is 60.4 Å². The van der Waals surface area contributed by atoms with Crippen LogP contribution < -0.4 is 5.76 Å². The van der Waals surface area contributed by atoms with Gasteiger partial charge in [0.05, 0.1) is 25.0 Å². The van der Waals surface area contributed by atoms with Gasteiger partial charge in [-0.25, -0.2) is 4.79 Å². The van der Waals surface area contributed by atoms with Gasteiger partial charge in [0.25, 0.3) is 0 Å². The SMILES string of the molecule is C=C(C)/C=C\c1oc(=O)n(Cc2cccc(CN=C/C(=C\CC)OCCN3CCN(C)C(=C)C3)c2)c1C. The van der Waals surface area contributed by atoms with E-state index in [9.17, 15) is 4.79 Å². The van der Waals surface area contributed by atoms with Crippen molar-refractivity contribution >= 4 is 12.3 Å². The molecule has 198 valence electrons. The molecule has 37 heavy (non-hydrogen) atoms. The third-order valence-electron chi connectivity index (χ3n) is 6.30. The van der Waals surface area contributed by atoms with Gasteiger partial charge in [-0.2, -0.15) is 0 Å². The normalized spacial score (nSPS) is 15.3. The van der Waals surface area contributed by atoms with E-state index < -0.39 is 0 Å². The molecule has 1 saturated heterocycles. The number of nitrogens with zero attached hydrogens (tertiary/aromatic N) is 4. The third kappa shape index (κ3) is 8.50. The Kier molecular flexibility index (Phi) is 10.3. The van der Waals surface area contributed by atoms with Crippen LogP contribution in [0.15, 0.2) is 80.8 Å². The molecular weight excluding hydrogens is 464 g/mol. The van der Waals surface area contributed by atoms with Crippen molar-refractivity contribution in [3.05, 3.63) is 99.7 Å². The molecule has 1 aromatic carbocycles. The van der Waals surface area contributed by atoms with E-state index in [1.165, 1.54) is 0 Å². The van der Waals surface area contributed by atoms with Crippen LogP contribution in [0.5, 0.6) is 0 Å². The Labute approximate surface area is 220 Å². The van der Waals surface area contributed by atoms with Crippen LogP contribution in [0.3, 0.4) is 0 Å². The van der Waals surface area contributed by atoms with Crippen LogP contribution in [0.25, 0.3) is 6.08 Å². The molecule has 0 atom stereocenters. The zero-order valence-corrected chi connectivity index (χ0v) is 22.7. The molecule has 2 aromatic rings. The lowest BCUT2D eigenvalue weighted by atomic mass is 10.1. The first-order valence-electron chi connectivity index (χ1n) is 12.8. The second-order valence-corrected chi connectivity index (χ2v) is 9.50. The number of rotatable bonds is 12. The molecule has 1 aliphatic heterocycles. The third-order valence-corrected chi connectivity index (χ3v) is 6.30. The van der Waals surface area contributed by atoms with E-state index in [1.54, 1.807) is 10.6 Å². The molecule has 1 aliphatic rings. The summed E-state index contributed by atoms with van der Waals surface area (Å²) in [5.41, 5.74) is 4.91. The topological polar surface area (TPSA) is 63.2 Å². The number of benzene rings is 1. The lowest BCUT2D eigenvalue weighted by Crippen LogP contribution is -2.43. The Hall–Kier alpha value is -3.58. The smallest absolute Gasteiger partial charge is 0.419 e. The minimum absolute atomic E-state index is 0.366. The molecule has 0 bridgehead atoms. The van der Waals surface area contributed by atoms with E-state index in [2.05, 4.69) is 54.1 Å². The average molecular weight is 505 g/mol. The zero-order chi connectivity index (χ0) is 26.8. The summed E-state index contributed by atoms with van der Waals surface area (Å²) >= 11 is 0. The quantitative estimate of drug-likeness (QED) is 0.230. The first-order valence-corrected chi connectivity index (χ1v) is 12.8. The van der Waals surface area contributed by atoms with Crippen LogP contribution in [0.1, 0.15) is 42.8 Å². The Morgan fingerprint density at radius 3 is 2.78 bits per heavy atom. The van der Waals surface area contributed by atoms with Crippen LogP contribution in [-0.2, 0) is 17.8 Å². The number of aromatic nitrogens is 1. The summed E-state index contributed by atoms with van der Waals surface area (Å²) in [6.45, 7) is 19.2. The van der Waals surface area contributed by atoms with Gasteiger partial charge in [0.15, 0.2) is 5.76 Å². The summed E-state index contributed by atoms with van der Waals surface area (Å²) in [6, 6.07) is 8.11. The number of piperazine rings is 1. The largest absolute Gasteiger partial charge is 0.491 e. The molecule has 1 aromatic heterocycles. The van der Waals surface area contributed by atoms with Crippen molar-refractivity contribution in [2.24, 2.45) is 4.99 Å². The summed E-state index contributed by atoms with van der Waals surface area (Å²) in [7, 11) is 2.09. The van der Waals surface area contributed by atoms with Gasteiger partial charge in [-0.3, -0.25) is 14.5 Å². The van der Waals surface area contributed by atoms with Crippen LogP contribution in [0.2, 0.25) is 0 Å². The highest BCUT2D eigenvalue weighted by atomic mass is 16.5. The molecule has 0 spiro atoms. The van der Waals surface area contributed by atoms with E-state index in [4.69, 9.17) is 9.15 Å². The summed E-state index contributed by atoms with van der Waals surface area (Å²) in [5.74, 6) is 0.985. The number of ether oxygens (including phenoxy) is 1. The number of hydrogen-bond donors (Lipinski definition) is 0. The van der Waals surface area contributed by atoms with E-state index in [-0.39, 0.29) is 5.76 Å². The Morgan fingerprint density at radius 1 is 1.27 bits per heavy atom. The van der Waals surface area contributed by atoms with Gasteiger partial charge < -0.3 is 14.1 Å². The Morgan fingerprint density at radius 2 is 2.05 bits per heavy atom. The van der Waals surface area contributed by atoms with Crippen LogP contribution >= 0.6 is 0 Å². The first kappa shape index (κ1) is 28.0. The molecule has 1 fully saturated rings. The van der Waals surface area contributed by atoms with Gasteiger partial charge in [0, 0.05) is 38.9 Å². The second-order valence-electron chi connectivity index (χ2n) is 9.50. The predicted molar refractivity (Wildman–Crippen MR) is 152 cm³/mol. The van der Waals surface area contributed by atoms with Crippen molar-refractivity contribution in [1.82, 2.24) is 14.4 Å². The van der Waals surface area contributed by atoms with Crippen LogP contribution in [0.4, 0.5) is 0 Å². The van der Waals surface area contributed by atoms with Crippen molar-refractivity contribution in [3.63, 3.8) is 0 Å². The number of likely N-dealkylation sites (N-methyl/N-ethyl adjacent to an activating group) is 1. The minimum atomic E-state index is -0.366. The lowest BCUT2D eigenvalue weighted by Gasteiger charge is -2.35. The molecule has 0 unspecified atom stereocenters. The van der Waals surface area contributed by atoms with Gasteiger partial charge in [-0.1, -0.05) is 56.0 Å². The minimum Gasteiger partial charge on any atom is -0.491 e. The number of allylic oxidation sites excluding steroid dienone is 4. The van der Waals surface area contributed by atoms with Gasteiger partial charge in [-0.15, -0.1) is 0 Å². The molecule has 0 aliphatic carbocycles. The average Bonchev–Trinajstić information content (AvgIpc) is 3.12. The molecule has 0 radical (unpaired) electrons. The van der Waals surface area contributed by atoms with Crippen LogP contribution in [0, 0.1) is 6.92 Å². The predicted octanol–water partition coefficient (Wildman–Crippen LogP) is 5.03. The molecule has 0 N–H and O–H groups in total. The summed E-state index contributed by atoms with van der Waals surface area (Å²) < 4.78 is 13.1. The highest BCUT2D eigenvalue weighted by Gasteiger charge is 2.16. The first-order chi connectivity index (χ1) is 17.8. The van der Waals surface area contributed by atoms with E-state index in [0.29, 0.717) is 25.5 Å². The molecule has 3 rings (SSSR count). The van der Waals surface area contributed by atoms with Gasteiger partial charge in [0.2, 0.25) is 0 Å². The lowest BCUT2D eigenvalue weighted by molar-refractivity contribution is 0.142. The van der Waals surface area contributed by atoms with E-state index in [0.717, 1.165) is 66.4 Å². The summed E-state index contributed by atoms with van der Waals surface area (Å²) in [6.07, 6.45) is 8.36. The maximum Gasteiger partial charge on any atom is 0.419 e. The van der Waals surface area contributed by atoms with Crippen molar-refractivity contribution in [1.29, 1.82) is 0 Å². The maximum absolute atomic E-state index is 12.4. The molecule has 0 amide bonds. The van der Waals surface area contributed by atoms with Crippen molar-refractivity contribution in [2.75, 3.05) is 39.8 Å². The molecule has 7 heteroatoms. The van der Waals surface area contributed by atoms with Gasteiger partial charge in [0.1, 0.15) is 12.4 Å². The van der Waals surface area contributed by atoms with E-state index in [1.807, 2.05) is 44.3 Å². The number of oxazole rings is 1. The van der Waals surface area contributed by atoms with Crippen molar-refractivity contribution in [2.45, 2.75) is 40.3 Å². The fourth-order valence-corrected chi connectivity index (χ4v) is 4.04. The van der Waals surface area contributed by atoms with Crippen molar-refractivity contribution in [3.8, 4) is 0 Å². The van der Waals surface area contributed by atoms with Gasteiger partial charge in [-0.05, 0) is 43.5 Å². The highest BCUT2D eigenvalue weighted by molar-refractivity contribution is 5.75. The summed E-state index contributed by atoms with van der Waals surface area (Å²) in [4.78, 5) is 21.6. The molecule has 0 saturated carbocycles. The standard InChI is InChI=1S/C30H40N4O3/c1-7-9-28(36-17-16-33-15-14-32(6)24(4)21-33)20-31-19-26-10-8-11-27(18-26)22-34-25(5)29(37-30(34)35)13-12-23(2)3/h8-13,18,20H,2,4,7,14-17,19,21-22H2,1,3,5-6H3/b13-12-,28-9+,31-20?. The molecular formula is C30H40N4O3. The van der Waals surface area contributed by atoms with Gasteiger partial charge >= 0.3 is 5.76 Å². The monoisotopic (exact) mass is 504 g/mol. The highest BCUT2D eigenvalue weighted by Crippen LogP contribution is 2.14.